The quantitative estimate of drug-likeness (QED) is 0.841. The molecule has 1 amide bonds. The number of carbonyl (C=O) groups excluding carboxylic acids is 1. The van der Waals surface area contributed by atoms with E-state index in [0.717, 1.165) is 31.6 Å². The molecule has 1 atom stereocenters. The summed E-state index contributed by atoms with van der Waals surface area (Å²) in [5.74, 6) is 1.37. The van der Waals surface area contributed by atoms with Gasteiger partial charge in [-0.25, -0.2) is 0 Å². The van der Waals surface area contributed by atoms with E-state index in [-0.39, 0.29) is 6.04 Å². The molecule has 0 N–H and O–H groups in total. The second-order valence-corrected chi connectivity index (χ2v) is 5.38. The summed E-state index contributed by atoms with van der Waals surface area (Å²) in [5.41, 5.74) is 2.42. The maximum absolute atomic E-state index is 12.1. The van der Waals surface area contributed by atoms with Gasteiger partial charge in [-0.05, 0) is 25.3 Å². The Hall–Kier alpha value is -1.77. The summed E-state index contributed by atoms with van der Waals surface area (Å²) in [6, 6.07) is 10.6. The first-order valence-electron chi connectivity index (χ1n) is 7.52. The monoisotopic (exact) mass is 271 g/mol. The maximum atomic E-state index is 12.1. The van der Waals surface area contributed by atoms with Crippen molar-refractivity contribution in [1.29, 1.82) is 0 Å². The highest BCUT2D eigenvalue weighted by Crippen LogP contribution is 2.39. The molecular weight excluding hydrogens is 250 g/mol. The summed E-state index contributed by atoms with van der Waals surface area (Å²) in [4.78, 5) is 14.1. The molecule has 20 heavy (non-hydrogen) atoms. The number of hydrogen-bond donors (Lipinski definition) is 0. The van der Waals surface area contributed by atoms with Gasteiger partial charge in [0.1, 0.15) is 5.76 Å². The van der Waals surface area contributed by atoms with E-state index in [1.165, 1.54) is 11.1 Å². The van der Waals surface area contributed by atoms with Gasteiger partial charge < -0.3 is 9.64 Å². The first kappa shape index (κ1) is 13.2. The normalized spacial score (nSPS) is 22.8. The van der Waals surface area contributed by atoms with Gasteiger partial charge in [0.25, 0.3) is 0 Å². The molecule has 3 nitrogen and oxygen atoms in total. The molecule has 1 aliphatic heterocycles. The van der Waals surface area contributed by atoms with E-state index < -0.39 is 0 Å². The van der Waals surface area contributed by atoms with Crippen LogP contribution in [0.15, 0.2) is 36.1 Å². The highest BCUT2D eigenvalue weighted by atomic mass is 16.5. The average Bonchev–Trinajstić information content (AvgIpc) is 3.06. The van der Waals surface area contributed by atoms with Crippen molar-refractivity contribution in [2.75, 3.05) is 13.2 Å². The molecule has 1 aliphatic carbocycles. The summed E-state index contributed by atoms with van der Waals surface area (Å²) in [7, 11) is 0. The van der Waals surface area contributed by atoms with Gasteiger partial charge in [-0.2, -0.15) is 0 Å². The minimum absolute atomic E-state index is 0.203. The van der Waals surface area contributed by atoms with Crippen molar-refractivity contribution in [3.8, 4) is 0 Å². The Balaban J connectivity index is 1.97. The third kappa shape index (κ3) is 2.33. The Kier molecular flexibility index (Phi) is 3.77. The first-order valence-corrected chi connectivity index (χ1v) is 7.52. The van der Waals surface area contributed by atoms with Crippen molar-refractivity contribution >= 4 is 11.5 Å². The van der Waals surface area contributed by atoms with E-state index in [2.05, 4.69) is 12.1 Å². The van der Waals surface area contributed by atoms with Crippen LogP contribution in [0.4, 0.5) is 0 Å². The molecule has 2 aliphatic rings. The highest BCUT2D eigenvalue weighted by Gasteiger charge is 2.36. The van der Waals surface area contributed by atoms with E-state index >= 15 is 0 Å². The third-order valence-corrected chi connectivity index (χ3v) is 4.17. The largest absolute Gasteiger partial charge is 0.498 e. The number of carbonyl (C=O) groups is 1. The van der Waals surface area contributed by atoms with Crippen molar-refractivity contribution < 1.29 is 9.53 Å². The van der Waals surface area contributed by atoms with Crippen LogP contribution in [0.2, 0.25) is 0 Å². The number of benzene rings is 1. The van der Waals surface area contributed by atoms with Gasteiger partial charge in [-0.1, -0.05) is 30.3 Å². The van der Waals surface area contributed by atoms with E-state index in [9.17, 15) is 4.79 Å². The maximum Gasteiger partial charge on any atom is 0.223 e. The lowest BCUT2D eigenvalue weighted by atomic mass is 10.00. The molecule has 1 saturated heterocycles. The molecule has 3 heteroatoms. The molecule has 0 bridgehead atoms. The van der Waals surface area contributed by atoms with E-state index in [1.54, 1.807) is 0 Å². The number of likely N-dealkylation sites (tertiary alicyclic amines) is 1. The van der Waals surface area contributed by atoms with Gasteiger partial charge in [0, 0.05) is 25.0 Å². The van der Waals surface area contributed by atoms with Crippen LogP contribution in [0, 0.1) is 0 Å². The fourth-order valence-corrected chi connectivity index (χ4v) is 3.34. The first-order chi connectivity index (χ1) is 9.81. The van der Waals surface area contributed by atoms with Crippen LogP contribution in [0.5, 0.6) is 0 Å². The molecule has 1 aromatic carbocycles. The van der Waals surface area contributed by atoms with Gasteiger partial charge in [-0.15, -0.1) is 0 Å². The highest BCUT2D eigenvalue weighted by molar-refractivity contribution is 5.83. The molecule has 1 aromatic rings. The third-order valence-electron chi connectivity index (χ3n) is 4.17. The molecule has 1 heterocycles. The van der Waals surface area contributed by atoms with Crippen LogP contribution >= 0.6 is 0 Å². The fourth-order valence-electron chi connectivity index (χ4n) is 3.34. The minimum Gasteiger partial charge on any atom is -0.498 e. The summed E-state index contributed by atoms with van der Waals surface area (Å²) in [5, 5.41) is 0. The number of hydrogen-bond acceptors (Lipinski definition) is 2. The zero-order valence-corrected chi connectivity index (χ0v) is 12.0. The lowest BCUT2D eigenvalue weighted by Gasteiger charge is -2.26. The molecular formula is C17H21NO2. The summed E-state index contributed by atoms with van der Waals surface area (Å²) in [6.07, 6.45) is 3.61. The Labute approximate surface area is 120 Å². The molecule has 1 fully saturated rings. The smallest absolute Gasteiger partial charge is 0.223 e. The molecule has 0 spiro atoms. The zero-order chi connectivity index (χ0) is 13.9. The Morgan fingerprint density at radius 2 is 2.05 bits per heavy atom. The van der Waals surface area contributed by atoms with Crippen molar-refractivity contribution in [3.05, 3.63) is 41.7 Å². The van der Waals surface area contributed by atoms with Crippen LogP contribution < -0.4 is 0 Å². The SMILES string of the molecule is CCOC1=C(c2ccccc2)C(N2CCCC2=O)CC1. The summed E-state index contributed by atoms with van der Waals surface area (Å²) >= 11 is 0. The van der Waals surface area contributed by atoms with Gasteiger partial charge in [-0.3, -0.25) is 4.79 Å². The van der Waals surface area contributed by atoms with Crippen molar-refractivity contribution in [3.63, 3.8) is 0 Å². The van der Waals surface area contributed by atoms with E-state index in [1.807, 2.05) is 30.0 Å². The zero-order valence-electron chi connectivity index (χ0n) is 12.0. The van der Waals surface area contributed by atoms with Gasteiger partial charge in [0.15, 0.2) is 0 Å². The minimum atomic E-state index is 0.203. The van der Waals surface area contributed by atoms with Gasteiger partial charge in [0.05, 0.1) is 12.6 Å². The number of nitrogens with zero attached hydrogens (tertiary/aromatic N) is 1. The second kappa shape index (κ2) is 5.70. The van der Waals surface area contributed by atoms with Gasteiger partial charge in [0.2, 0.25) is 5.91 Å². The molecule has 3 rings (SSSR count). The number of allylic oxidation sites excluding steroid dienone is 1. The van der Waals surface area contributed by atoms with Crippen molar-refractivity contribution in [2.45, 2.75) is 38.6 Å². The molecule has 0 aromatic heterocycles. The van der Waals surface area contributed by atoms with Crippen LogP contribution in [-0.4, -0.2) is 30.0 Å². The molecule has 1 unspecified atom stereocenters. The molecule has 0 saturated carbocycles. The van der Waals surface area contributed by atoms with Crippen LogP contribution in [0.1, 0.15) is 38.2 Å². The second-order valence-electron chi connectivity index (χ2n) is 5.38. The standard InChI is InChI=1S/C17H21NO2/c1-2-20-15-11-10-14(18-12-6-9-16(18)19)17(15)13-7-4-3-5-8-13/h3-5,7-8,14H,2,6,9-12H2,1H3. The van der Waals surface area contributed by atoms with E-state index in [0.29, 0.717) is 18.9 Å². The Bertz CT molecular complexity index is 521. The van der Waals surface area contributed by atoms with Crippen molar-refractivity contribution in [2.24, 2.45) is 0 Å². The lowest BCUT2D eigenvalue weighted by molar-refractivity contribution is -0.128. The van der Waals surface area contributed by atoms with Gasteiger partial charge >= 0.3 is 0 Å². The lowest BCUT2D eigenvalue weighted by Crippen LogP contribution is -2.35. The summed E-state index contributed by atoms with van der Waals surface area (Å²) in [6.45, 7) is 3.59. The Morgan fingerprint density at radius 3 is 2.70 bits per heavy atom. The Morgan fingerprint density at radius 1 is 1.25 bits per heavy atom. The molecule has 106 valence electrons. The van der Waals surface area contributed by atoms with E-state index in [4.69, 9.17) is 4.74 Å². The number of amides is 1. The topological polar surface area (TPSA) is 29.5 Å². The van der Waals surface area contributed by atoms with Crippen LogP contribution in [0.3, 0.4) is 0 Å². The predicted molar refractivity (Wildman–Crippen MR) is 79.0 cm³/mol. The summed E-state index contributed by atoms with van der Waals surface area (Å²) < 4.78 is 5.84. The number of rotatable bonds is 4. The van der Waals surface area contributed by atoms with Crippen LogP contribution in [0.25, 0.3) is 5.57 Å². The predicted octanol–water partition coefficient (Wildman–Crippen LogP) is 3.22. The fraction of sp³-hybridized carbons (Fsp3) is 0.471. The van der Waals surface area contributed by atoms with Crippen LogP contribution in [-0.2, 0) is 9.53 Å². The average molecular weight is 271 g/mol. The number of ether oxygens (including phenoxy) is 1. The van der Waals surface area contributed by atoms with Crippen molar-refractivity contribution in [1.82, 2.24) is 4.90 Å². The molecule has 0 radical (unpaired) electrons.